The van der Waals surface area contributed by atoms with Crippen LogP contribution in [0, 0.1) is 0 Å². The van der Waals surface area contributed by atoms with E-state index >= 15 is 0 Å². The number of thiophene rings is 1. The molecule has 0 fully saturated rings. The summed E-state index contributed by atoms with van der Waals surface area (Å²) in [4.78, 5) is 13.1. The molecule has 0 saturated carbocycles. The SMILES string of the molecule is O=C(Nc1ccc(Oc2ccc(Cl)cc2)cc1)c1sccc1NS(=O)(=O)c1ccccc1. The minimum Gasteiger partial charge on any atom is -0.457 e. The Kier molecular flexibility index (Phi) is 6.45. The van der Waals surface area contributed by atoms with Crippen molar-refractivity contribution in [2.45, 2.75) is 4.90 Å². The second kappa shape index (κ2) is 9.44. The number of nitrogens with one attached hydrogen (secondary N) is 2. The van der Waals surface area contributed by atoms with Gasteiger partial charge >= 0.3 is 0 Å². The number of anilines is 2. The number of sulfonamides is 1. The molecule has 1 heterocycles. The van der Waals surface area contributed by atoms with E-state index in [0.717, 1.165) is 11.3 Å². The van der Waals surface area contributed by atoms with Crippen molar-refractivity contribution in [3.8, 4) is 11.5 Å². The third-order valence-corrected chi connectivity index (χ3v) is 6.88. The quantitative estimate of drug-likeness (QED) is 0.325. The first kappa shape index (κ1) is 21.9. The van der Waals surface area contributed by atoms with Crippen LogP contribution < -0.4 is 14.8 Å². The number of halogens is 1. The molecule has 1 aromatic heterocycles. The fourth-order valence-electron chi connectivity index (χ4n) is 2.80. The van der Waals surface area contributed by atoms with Gasteiger partial charge in [0.2, 0.25) is 0 Å². The first-order valence-electron chi connectivity index (χ1n) is 9.41. The van der Waals surface area contributed by atoms with Crippen LogP contribution in [0.2, 0.25) is 5.02 Å². The number of amides is 1. The molecule has 9 heteroatoms. The van der Waals surface area contributed by atoms with E-state index in [2.05, 4.69) is 10.0 Å². The standard InChI is InChI=1S/C23H17ClN2O4S2/c24-16-6-10-18(11-7-16)30-19-12-8-17(9-13-19)25-23(27)22-21(14-15-31-22)26-32(28,29)20-4-2-1-3-5-20/h1-15,26H,(H,25,27). The molecule has 4 rings (SSSR count). The maximum Gasteiger partial charge on any atom is 0.267 e. The smallest absolute Gasteiger partial charge is 0.267 e. The number of hydrogen-bond donors (Lipinski definition) is 2. The van der Waals surface area contributed by atoms with Gasteiger partial charge in [-0.1, -0.05) is 29.8 Å². The van der Waals surface area contributed by atoms with Gasteiger partial charge in [-0.05, 0) is 72.1 Å². The normalized spacial score (nSPS) is 11.0. The number of carbonyl (C=O) groups excluding carboxylic acids is 1. The van der Waals surface area contributed by atoms with Gasteiger partial charge in [-0.3, -0.25) is 9.52 Å². The monoisotopic (exact) mass is 484 g/mol. The van der Waals surface area contributed by atoms with E-state index in [-0.39, 0.29) is 15.5 Å². The Morgan fingerprint density at radius 2 is 1.47 bits per heavy atom. The maximum absolute atomic E-state index is 12.7. The number of rotatable bonds is 7. The second-order valence-electron chi connectivity index (χ2n) is 6.62. The van der Waals surface area contributed by atoms with Crippen LogP contribution in [0.25, 0.3) is 0 Å². The van der Waals surface area contributed by atoms with Crippen molar-refractivity contribution in [1.29, 1.82) is 0 Å². The molecule has 0 bridgehead atoms. The van der Waals surface area contributed by atoms with Crippen LogP contribution in [0.3, 0.4) is 0 Å². The van der Waals surface area contributed by atoms with Crippen molar-refractivity contribution < 1.29 is 17.9 Å². The zero-order valence-corrected chi connectivity index (χ0v) is 18.9. The molecule has 0 radical (unpaired) electrons. The largest absolute Gasteiger partial charge is 0.457 e. The average molecular weight is 485 g/mol. The summed E-state index contributed by atoms with van der Waals surface area (Å²) >= 11 is 7.02. The van der Waals surface area contributed by atoms with Gasteiger partial charge in [0.25, 0.3) is 15.9 Å². The molecule has 2 N–H and O–H groups in total. The molecule has 1 amide bonds. The molecular formula is C23H17ClN2O4S2. The first-order chi connectivity index (χ1) is 15.4. The lowest BCUT2D eigenvalue weighted by atomic mass is 10.3. The summed E-state index contributed by atoms with van der Waals surface area (Å²) < 4.78 is 33.4. The molecule has 6 nitrogen and oxygen atoms in total. The molecule has 3 aromatic carbocycles. The van der Waals surface area contributed by atoms with E-state index in [1.54, 1.807) is 78.2 Å². The van der Waals surface area contributed by atoms with Gasteiger partial charge < -0.3 is 10.1 Å². The Balaban J connectivity index is 1.44. The number of carbonyl (C=O) groups is 1. The Morgan fingerprint density at radius 1 is 0.844 bits per heavy atom. The summed E-state index contributed by atoms with van der Waals surface area (Å²) in [6.45, 7) is 0. The summed E-state index contributed by atoms with van der Waals surface area (Å²) in [7, 11) is -3.80. The lowest BCUT2D eigenvalue weighted by Gasteiger charge is -2.10. The van der Waals surface area contributed by atoms with Gasteiger partial charge in [-0.2, -0.15) is 0 Å². The lowest BCUT2D eigenvalue weighted by molar-refractivity contribution is 0.103. The van der Waals surface area contributed by atoms with Gasteiger partial charge in [0.1, 0.15) is 16.4 Å². The van der Waals surface area contributed by atoms with Crippen LogP contribution in [0.4, 0.5) is 11.4 Å². The van der Waals surface area contributed by atoms with Gasteiger partial charge in [0, 0.05) is 10.7 Å². The fraction of sp³-hybridized carbons (Fsp3) is 0. The second-order valence-corrected chi connectivity index (χ2v) is 9.65. The summed E-state index contributed by atoms with van der Waals surface area (Å²) in [5.41, 5.74) is 0.766. The van der Waals surface area contributed by atoms with Crippen molar-refractivity contribution in [1.82, 2.24) is 0 Å². The lowest BCUT2D eigenvalue weighted by Crippen LogP contribution is -2.17. The highest BCUT2D eigenvalue weighted by molar-refractivity contribution is 7.92. The summed E-state index contributed by atoms with van der Waals surface area (Å²) in [5.74, 6) is 0.815. The van der Waals surface area contributed by atoms with Gasteiger partial charge in [0.15, 0.2) is 0 Å². The molecule has 0 aliphatic rings. The van der Waals surface area contributed by atoms with E-state index in [4.69, 9.17) is 16.3 Å². The Bertz CT molecular complexity index is 1320. The Hall–Kier alpha value is -3.33. The molecule has 162 valence electrons. The van der Waals surface area contributed by atoms with Crippen molar-refractivity contribution in [2.24, 2.45) is 0 Å². The molecule has 0 spiro atoms. The van der Waals surface area contributed by atoms with Crippen molar-refractivity contribution in [2.75, 3.05) is 10.0 Å². The molecule has 32 heavy (non-hydrogen) atoms. The summed E-state index contributed by atoms with van der Waals surface area (Å²) in [6, 6.07) is 23.4. The minimum atomic E-state index is -3.80. The fourth-order valence-corrected chi connectivity index (χ4v) is 4.83. The van der Waals surface area contributed by atoms with Crippen molar-refractivity contribution in [3.05, 3.63) is 100 Å². The molecule has 4 aromatic rings. The van der Waals surface area contributed by atoms with E-state index in [9.17, 15) is 13.2 Å². The minimum absolute atomic E-state index is 0.119. The van der Waals surface area contributed by atoms with Crippen LogP contribution in [0.15, 0.2) is 95.2 Å². The van der Waals surface area contributed by atoms with Crippen molar-refractivity contribution in [3.63, 3.8) is 0 Å². The highest BCUT2D eigenvalue weighted by Gasteiger charge is 2.20. The topological polar surface area (TPSA) is 84.5 Å². The molecule has 0 aliphatic carbocycles. The third kappa shape index (κ3) is 5.28. The van der Waals surface area contributed by atoms with Gasteiger partial charge in [-0.25, -0.2) is 8.42 Å². The van der Waals surface area contributed by atoms with Gasteiger partial charge in [0.05, 0.1) is 10.6 Å². The van der Waals surface area contributed by atoms with E-state index < -0.39 is 15.9 Å². The molecule has 0 atom stereocenters. The predicted octanol–water partition coefficient (Wildman–Crippen LogP) is 6.25. The maximum atomic E-state index is 12.7. The molecule has 0 unspecified atom stereocenters. The van der Waals surface area contributed by atoms with E-state index in [1.807, 2.05) is 0 Å². The molecular weight excluding hydrogens is 468 g/mol. The van der Waals surface area contributed by atoms with Crippen LogP contribution in [-0.4, -0.2) is 14.3 Å². The predicted molar refractivity (Wildman–Crippen MR) is 127 cm³/mol. The van der Waals surface area contributed by atoms with Crippen molar-refractivity contribution >= 4 is 50.2 Å². The first-order valence-corrected chi connectivity index (χ1v) is 12.1. The number of benzene rings is 3. The van der Waals surface area contributed by atoms with Crippen LogP contribution >= 0.6 is 22.9 Å². The van der Waals surface area contributed by atoms with Crippen LogP contribution in [0.1, 0.15) is 9.67 Å². The highest BCUT2D eigenvalue weighted by atomic mass is 35.5. The Labute approximate surface area is 194 Å². The van der Waals surface area contributed by atoms with E-state index in [1.165, 1.54) is 12.1 Å². The highest BCUT2D eigenvalue weighted by Crippen LogP contribution is 2.28. The van der Waals surface area contributed by atoms with Crippen LogP contribution in [-0.2, 0) is 10.0 Å². The zero-order valence-electron chi connectivity index (χ0n) is 16.5. The average Bonchev–Trinajstić information content (AvgIpc) is 3.25. The molecule has 0 saturated heterocycles. The van der Waals surface area contributed by atoms with Gasteiger partial charge in [-0.15, -0.1) is 11.3 Å². The van der Waals surface area contributed by atoms with Crippen LogP contribution in [0.5, 0.6) is 11.5 Å². The zero-order chi connectivity index (χ0) is 22.6. The van der Waals surface area contributed by atoms with E-state index in [0.29, 0.717) is 22.2 Å². The summed E-state index contributed by atoms with van der Waals surface area (Å²) in [5, 5.41) is 5.05. The third-order valence-electron chi connectivity index (χ3n) is 4.33. The molecule has 0 aliphatic heterocycles. The number of hydrogen-bond acceptors (Lipinski definition) is 5. The Morgan fingerprint density at radius 3 is 2.12 bits per heavy atom. The number of ether oxygens (including phenoxy) is 1. The summed E-state index contributed by atoms with van der Waals surface area (Å²) in [6.07, 6.45) is 0.